The van der Waals surface area contributed by atoms with Crippen LogP contribution >= 0.6 is 0 Å². The Bertz CT molecular complexity index is 1890. The molecule has 9 nitrogen and oxygen atoms in total. The summed E-state index contributed by atoms with van der Waals surface area (Å²) in [5, 5.41) is 25.3. The van der Waals surface area contributed by atoms with Gasteiger partial charge in [-0.2, -0.15) is 0 Å². The highest BCUT2D eigenvalue weighted by Gasteiger charge is 2.35. The third-order valence-corrected chi connectivity index (χ3v) is 9.75. The van der Waals surface area contributed by atoms with Crippen LogP contribution < -0.4 is 15.4 Å². The highest BCUT2D eigenvalue weighted by Crippen LogP contribution is 2.39. The number of aliphatic hydroxyl groups excluding tert-OH is 2. The van der Waals surface area contributed by atoms with Crippen molar-refractivity contribution in [3.8, 4) is 22.6 Å². The van der Waals surface area contributed by atoms with Crippen LogP contribution in [0.15, 0.2) is 127 Å². The van der Waals surface area contributed by atoms with E-state index >= 15 is 0 Å². The summed E-state index contributed by atoms with van der Waals surface area (Å²) >= 11 is 0. The third-order valence-electron chi connectivity index (χ3n) is 9.75. The molecule has 9 heteroatoms. The molecule has 0 aliphatic carbocycles. The maximum absolute atomic E-state index is 12.7. The second kappa shape index (κ2) is 17.0. The van der Waals surface area contributed by atoms with Crippen LogP contribution in [0.25, 0.3) is 11.1 Å². The van der Waals surface area contributed by atoms with Gasteiger partial charge in [-0.25, -0.2) is 4.79 Å². The van der Waals surface area contributed by atoms with E-state index in [2.05, 4.69) is 51.9 Å². The Hall–Kier alpha value is -5.03. The van der Waals surface area contributed by atoms with Crippen molar-refractivity contribution < 1.29 is 29.2 Å². The quantitative estimate of drug-likeness (QED) is 0.105. The Labute approximate surface area is 304 Å². The first-order valence-corrected chi connectivity index (χ1v) is 18.0. The molecule has 2 saturated heterocycles. The normalized spacial score (nSPS) is 20.3. The van der Waals surface area contributed by atoms with Crippen molar-refractivity contribution in [2.45, 2.75) is 57.0 Å². The van der Waals surface area contributed by atoms with Gasteiger partial charge in [0.1, 0.15) is 11.5 Å². The summed E-state index contributed by atoms with van der Waals surface area (Å²) in [6.07, 6.45) is 2.00. The molecule has 2 heterocycles. The molecule has 7 rings (SSSR count). The standard InChI is InChI=1S/C43H45N3O6/c47-28-30-11-13-33(14-12-30)41-25-40(27-46-23-5-8-37(46)29-48)51-42(52-41)34-17-15-32(16-18-34)35-7-4-6-31(24-35)26-44-43(49)45-36-19-21-39(22-20-36)50-38-9-2-1-3-10-38/h1-4,6-7,9-22,24,37,40-42,47-48H,5,8,23,25-29H2,(H2,44,45,49)/t37-,40+,41-,42-/m0/s1. The van der Waals surface area contributed by atoms with Crippen LogP contribution in [0.2, 0.25) is 0 Å². The zero-order valence-electron chi connectivity index (χ0n) is 29.1. The van der Waals surface area contributed by atoms with Crippen LogP contribution in [-0.2, 0) is 22.6 Å². The number of urea groups is 1. The molecule has 5 aromatic rings. The van der Waals surface area contributed by atoms with Crippen molar-refractivity contribution in [2.75, 3.05) is 25.0 Å². The van der Waals surface area contributed by atoms with Gasteiger partial charge in [0.15, 0.2) is 6.29 Å². The number of benzene rings is 5. The predicted octanol–water partition coefficient (Wildman–Crippen LogP) is 7.96. The van der Waals surface area contributed by atoms with Gasteiger partial charge in [-0.05, 0) is 89.7 Å². The minimum Gasteiger partial charge on any atom is -0.457 e. The number of nitrogens with one attached hydrogen (secondary N) is 2. The number of ether oxygens (including phenoxy) is 3. The molecule has 2 amide bonds. The van der Waals surface area contributed by atoms with Crippen molar-refractivity contribution in [1.82, 2.24) is 10.2 Å². The van der Waals surface area contributed by atoms with E-state index in [9.17, 15) is 15.0 Å². The van der Waals surface area contributed by atoms with Crippen LogP contribution in [0, 0.1) is 0 Å². The van der Waals surface area contributed by atoms with Gasteiger partial charge < -0.3 is 35.1 Å². The molecule has 0 bridgehead atoms. The second-order valence-corrected chi connectivity index (χ2v) is 13.4. The van der Waals surface area contributed by atoms with E-state index < -0.39 is 6.29 Å². The van der Waals surface area contributed by atoms with Gasteiger partial charge in [0.25, 0.3) is 0 Å². The molecule has 2 aliphatic rings. The highest BCUT2D eigenvalue weighted by atomic mass is 16.7. The number of nitrogens with zero attached hydrogens (tertiary/aromatic N) is 1. The van der Waals surface area contributed by atoms with Gasteiger partial charge >= 0.3 is 6.03 Å². The second-order valence-electron chi connectivity index (χ2n) is 13.4. The summed E-state index contributed by atoms with van der Waals surface area (Å²) in [7, 11) is 0. The smallest absolute Gasteiger partial charge is 0.319 e. The lowest BCUT2D eigenvalue weighted by atomic mass is 9.99. The summed E-state index contributed by atoms with van der Waals surface area (Å²) in [6.45, 7) is 2.22. The minimum absolute atomic E-state index is 0.000379. The molecule has 52 heavy (non-hydrogen) atoms. The van der Waals surface area contributed by atoms with Crippen LogP contribution in [0.1, 0.15) is 53.9 Å². The number of carbonyl (C=O) groups is 1. The Kier molecular flexibility index (Phi) is 11.6. The van der Waals surface area contributed by atoms with Gasteiger partial charge in [-0.15, -0.1) is 0 Å². The van der Waals surface area contributed by atoms with Crippen molar-refractivity contribution in [3.63, 3.8) is 0 Å². The van der Waals surface area contributed by atoms with Gasteiger partial charge in [0.2, 0.25) is 0 Å². The molecular weight excluding hydrogens is 654 g/mol. The fourth-order valence-corrected chi connectivity index (χ4v) is 6.92. The molecular formula is C43H45N3O6. The molecule has 5 aromatic carbocycles. The molecule has 0 radical (unpaired) electrons. The summed E-state index contributed by atoms with van der Waals surface area (Å²) in [4.78, 5) is 15.0. The number of aliphatic hydroxyl groups is 2. The highest BCUT2D eigenvalue weighted by molar-refractivity contribution is 5.89. The number of amides is 2. The number of rotatable bonds is 12. The molecule has 4 atom stereocenters. The number of hydrogen-bond acceptors (Lipinski definition) is 7. The Morgan fingerprint density at radius 3 is 2.27 bits per heavy atom. The molecule has 0 unspecified atom stereocenters. The van der Waals surface area contributed by atoms with Gasteiger partial charge in [-0.3, -0.25) is 4.90 Å². The van der Waals surface area contributed by atoms with Crippen LogP contribution in [0.5, 0.6) is 11.5 Å². The Balaban J connectivity index is 0.973. The number of likely N-dealkylation sites (tertiary alicyclic amines) is 1. The molecule has 2 aliphatic heterocycles. The summed E-state index contributed by atoms with van der Waals surface area (Å²) < 4.78 is 19.0. The van der Waals surface area contributed by atoms with Crippen LogP contribution in [0.4, 0.5) is 10.5 Å². The Morgan fingerprint density at radius 2 is 1.52 bits per heavy atom. The van der Waals surface area contributed by atoms with E-state index in [4.69, 9.17) is 14.2 Å². The maximum atomic E-state index is 12.7. The van der Waals surface area contributed by atoms with Crippen molar-refractivity contribution >= 4 is 11.7 Å². The largest absolute Gasteiger partial charge is 0.457 e. The van der Waals surface area contributed by atoms with E-state index in [1.54, 1.807) is 12.1 Å². The molecule has 0 aromatic heterocycles. The summed E-state index contributed by atoms with van der Waals surface area (Å²) in [5.74, 6) is 1.44. The average Bonchev–Trinajstić information content (AvgIpc) is 3.65. The zero-order valence-corrected chi connectivity index (χ0v) is 29.1. The predicted molar refractivity (Wildman–Crippen MR) is 201 cm³/mol. The number of hydrogen-bond donors (Lipinski definition) is 4. The van der Waals surface area contributed by atoms with E-state index in [1.165, 1.54) is 0 Å². The molecule has 0 spiro atoms. The van der Waals surface area contributed by atoms with E-state index in [1.807, 2.05) is 78.9 Å². The minimum atomic E-state index is -0.549. The molecule has 2 fully saturated rings. The maximum Gasteiger partial charge on any atom is 0.319 e. The fourth-order valence-electron chi connectivity index (χ4n) is 6.92. The molecule has 4 N–H and O–H groups in total. The third kappa shape index (κ3) is 9.06. The first-order chi connectivity index (χ1) is 25.5. The lowest BCUT2D eigenvalue weighted by Crippen LogP contribution is -2.42. The first kappa shape index (κ1) is 35.4. The average molecular weight is 700 g/mol. The van der Waals surface area contributed by atoms with Gasteiger partial charge in [0.05, 0.1) is 25.4 Å². The van der Waals surface area contributed by atoms with Crippen molar-refractivity contribution in [3.05, 3.63) is 150 Å². The number of anilines is 1. The molecule has 0 saturated carbocycles. The van der Waals surface area contributed by atoms with E-state index in [0.29, 0.717) is 24.4 Å². The van der Waals surface area contributed by atoms with E-state index in [0.717, 1.165) is 65.1 Å². The Morgan fingerprint density at radius 1 is 0.769 bits per heavy atom. The van der Waals surface area contributed by atoms with Crippen LogP contribution in [0.3, 0.4) is 0 Å². The van der Waals surface area contributed by atoms with Crippen molar-refractivity contribution in [2.24, 2.45) is 0 Å². The van der Waals surface area contributed by atoms with E-state index in [-0.39, 0.29) is 37.5 Å². The number of para-hydroxylation sites is 1. The lowest BCUT2D eigenvalue weighted by Gasteiger charge is -2.38. The molecule has 268 valence electrons. The topological polar surface area (TPSA) is 113 Å². The van der Waals surface area contributed by atoms with Crippen molar-refractivity contribution in [1.29, 1.82) is 0 Å². The SMILES string of the molecule is O=C(NCc1cccc(-c2ccc([C@H]3O[C@@H](CN4CCC[C@H]4CO)C[C@@H](c4ccc(CO)cc4)O3)cc2)c1)Nc1ccc(Oc2ccccc2)cc1. The first-order valence-electron chi connectivity index (χ1n) is 18.0. The zero-order chi connectivity index (χ0) is 35.7. The summed E-state index contributed by atoms with van der Waals surface area (Å²) in [6, 6.07) is 41.0. The lowest BCUT2D eigenvalue weighted by molar-refractivity contribution is -0.253. The van der Waals surface area contributed by atoms with Gasteiger partial charge in [0, 0.05) is 36.8 Å². The monoisotopic (exact) mass is 699 g/mol. The van der Waals surface area contributed by atoms with Gasteiger partial charge in [-0.1, -0.05) is 84.9 Å². The number of carbonyl (C=O) groups excluding carboxylic acids is 1. The summed E-state index contributed by atoms with van der Waals surface area (Å²) in [5.41, 5.74) is 6.57. The van der Waals surface area contributed by atoms with Crippen LogP contribution in [-0.4, -0.2) is 53.0 Å². The fraction of sp³-hybridized carbons (Fsp3) is 0.279.